The van der Waals surface area contributed by atoms with Crippen LogP contribution < -0.4 is 4.90 Å². The largest absolute Gasteiger partial charge is 0.419 e. The van der Waals surface area contributed by atoms with Gasteiger partial charge in [-0.05, 0) is 31.9 Å². The Hall–Kier alpha value is -2.28. The highest BCUT2D eigenvalue weighted by atomic mass is 16.4. The van der Waals surface area contributed by atoms with Gasteiger partial charge in [0.15, 0.2) is 0 Å². The fraction of sp³-hybridized carbons (Fsp3) is 0.412. The van der Waals surface area contributed by atoms with Crippen LogP contribution in [0, 0.1) is 18.3 Å². The van der Waals surface area contributed by atoms with Crippen molar-refractivity contribution in [3.63, 3.8) is 0 Å². The molecule has 0 radical (unpaired) electrons. The maximum absolute atomic E-state index is 9.32. The first kappa shape index (κ1) is 13.7. The van der Waals surface area contributed by atoms with Crippen LogP contribution in [0.4, 0.5) is 5.88 Å². The van der Waals surface area contributed by atoms with Crippen LogP contribution in [0.3, 0.4) is 0 Å². The number of oxazole rings is 1. The van der Waals surface area contributed by atoms with Gasteiger partial charge in [0.2, 0.25) is 17.5 Å². The van der Waals surface area contributed by atoms with Crippen molar-refractivity contribution in [2.45, 2.75) is 32.6 Å². The second-order valence-corrected chi connectivity index (χ2v) is 5.55. The number of benzene rings is 1. The molecule has 2 aromatic rings. The van der Waals surface area contributed by atoms with E-state index in [1.807, 2.05) is 31.2 Å². The van der Waals surface area contributed by atoms with E-state index in [1.165, 1.54) is 18.4 Å². The third kappa shape index (κ3) is 2.92. The number of hydrogen-bond acceptors (Lipinski definition) is 4. The first-order chi connectivity index (χ1) is 10.3. The van der Waals surface area contributed by atoms with Gasteiger partial charge in [0.25, 0.3) is 0 Å². The molecule has 1 aromatic carbocycles. The van der Waals surface area contributed by atoms with Gasteiger partial charge in [-0.15, -0.1) is 0 Å². The van der Waals surface area contributed by atoms with Crippen molar-refractivity contribution in [1.29, 1.82) is 5.26 Å². The molecule has 0 aliphatic carbocycles. The zero-order valence-electron chi connectivity index (χ0n) is 12.3. The van der Waals surface area contributed by atoms with E-state index >= 15 is 0 Å². The van der Waals surface area contributed by atoms with E-state index in [1.54, 1.807) is 0 Å². The molecule has 2 heterocycles. The Balaban J connectivity index is 1.94. The van der Waals surface area contributed by atoms with Crippen molar-refractivity contribution in [3.8, 4) is 17.5 Å². The summed E-state index contributed by atoms with van der Waals surface area (Å²) in [6.45, 7) is 3.93. The molecule has 1 saturated heterocycles. The van der Waals surface area contributed by atoms with Crippen molar-refractivity contribution in [2.24, 2.45) is 0 Å². The van der Waals surface area contributed by atoms with Crippen molar-refractivity contribution in [1.82, 2.24) is 4.98 Å². The molecule has 0 N–H and O–H groups in total. The topological polar surface area (TPSA) is 53.1 Å². The van der Waals surface area contributed by atoms with Crippen LogP contribution in [0.2, 0.25) is 0 Å². The lowest BCUT2D eigenvalue weighted by Gasteiger charge is -2.18. The fourth-order valence-electron chi connectivity index (χ4n) is 2.69. The minimum atomic E-state index is 0.396. The van der Waals surface area contributed by atoms with Crippen LogP contribution in [0.5, 0.6) is 0 Å². The van der Waals surface area contributed by atoms with Gasteiger partial charge in [0, 0.05) is 18.7 Å². The fourth-order valence-corrected chi connectivity index (χ4v) is 2.69. The molecular weight excluding hydrogens is 262 g/mol. The summed E-state index contributed by atoms with van der Waals surface area (Å²) >= 11 is 0. The zero-order chi connectivity index (χ0) is 14.7. The zero-order valence-corrected chi connectivity index (χ0v) is 12.3. The summed E-state index contributed by atoms with van der Waals surface area (Å²) in [5.74, 6) is 1.17. The first-order valence-corrected chi connectivity index (χ1v) is 7.51. The van der Waals surface area contributed by atoms with Crippen LogP contribution in [0.25, 0.3) is 11.5 Å². The summed E-state index contributed by atoms with van der Waals surface area (Å²) in [6, 6.07) is 10.2. The van der Waals surface area contributed by atoms with E-state index < -0.39 is 0 Å². The highest BCUT2D eigenvalue weighted by Crippen LogP contribution is 2.29. The number of rotatable bonds is 2. The van der Waals surface area contributed by atoms with Gasteiger partial charge in [-0.3, -0.25) is 0 Å². The van der Waals surface area contributed by atoms with Gasteiger partial charge in [-0.2, -0.15) is 10.2 Å². The molecule has 3 rings (SSSR count). The summed E-state index contributed by atoms with van der Waals surface area (Å²) in [6.07, 6.45) is 4.78. The predicted molar refractivity (Wildman–Crippen MR) is 82.1 cm³/mol. The minimum Gasteiger partial charge on any atom is -0.419 e. The minimum absolute atomic E-state index is 0.396. The van der Waals surface area contributed by atoms with Crippen LogP contribution >= 0.6 is 0 Å². The van der Waals surface area contributed by atoms with E-state index in [2.05, 4.69) is 16.0 Å². The number of aryl methyl sites for hydroxylation is 1. The average Bonchev–Trinajstić information content (AvgIpc) is 2.75. The lowest BCUT2D eigenvalue weighted by Crippen LogP contribution is -2.24. The molecule has 0 spiro atoms. The van der Waals surface area contributed by atoms with E-state index in [0.29, 0.717) is 17.5 Å². The molecule has 108 valence electrons. The molecule has 1 aliphatic rings. The quantitative estimate of drug-likeness (QED) is 0.837. The van der Waals surface area contributed by atoms with E-state index in [-0.39, 0.29) is 0 Å². The van der Waals surface area contributed by atoms with E-state index in [4.69, 9.17) is 4.42 Å². The number of nitriles is 1. The van der Waals surface area contributed by atoms with Gasteiger partial charge in [-0.25, -0.2) is 0 Å². The molecule has 1 aromatic heterocycles. The smallest absolute Gasteiger partial charge is 0.235 e. The second-order valence-electron chi connectivity index (χ2n) is 5.55. The summed E-state index contributed by atoms with van der Waals surface area (Å²) in [5.41, 5.74) is 2.50. The highest BCUT2D eigenvalue weighted by Gasteiger charge is 2.21. The van der Waals surface area contributed by atoms with Crippen LogP contribution in [0.1, 0.15) is 36.9 Å². The molecule has 1 fully saturated rings. The molecule has 0 saturated carbocycles. The Morgan fingerprint density at radius 3 is 2.38 bits per heavy atom. The molecule has 0 unspecified atom stereocenters. The Morgan fingerprint density at radius 1 is 1.10 bits per heavy atom. The summed E-state index contributed by atoms with van der Waals surface area (Å²) in [7, 11) is 0. The van der Waals surface area contributed by atoms with Gasteiger partial charge >= 0.3 is 0 Å². The normalized spacial score (nSPS) is 15.5. The highest BCUT2D eigenvalue weighted by molar-refractivity contribution is 5.59. The molecule has 4 nitrogen and oxygen atoms in total. The molecule has 0 atom stereocenters. The Kier molecular flexibility index (Phi) is 3.92. The lowest BCUT2D eigenvalue weighted by molar-refractivity contribution is 0.550. The Bertz CT molecular complexity index is 644. The van der Waals surface area contributed by atoms with Gasteiger partial charge in [0.05, 0.1) is 0 Å². The SMILES string of the molecule is Cc1ccc(-c2nc(C#N)c(N3CCCCCC3)o2)cc1. The monoisotopic (exact) mass is 281 g/mol. The van der Waals surface area contributed by atoms with Crippen LogP contribution in [-0.4, -0.2) is 18.1 Å². The lowest BCUT2D eigenvalue weighted by atomic mass is 10.1. The molecular formula is C17H19N3O. The molecule has 0 bridgehead atoms. The van der Waals surface area contributed by atoms with Gasteiger partial charge in [0.1, 0.15) is 6.07 Å². The average molecular weight is 281 g/mol. The second kappa shape index (κ2) is 6.01. The van der Waals surface area contributed by atoms with Crippen molar-refractivity contribution < 1.29 is 4.42 Å². The third-order valence-corrected chi connectivity index (χ3v) is 3.91. The predicted octanol–water partition coefficient (Wildman–Crippen LogP) is 3.90. The third-order valence-electron chi connectivity index (χ3n) is 3.91. The number of aromatic nitrogens is 1. The Labute approximate surface area is 125 Å². The molecule has 1 aliphatic heterocycles. The van der Waals surface area contributed by atoms with Gasteiger partial charge < -0.3 is 9.32 Å². The number of nitrogens with zero attached hydrogens (tertiary/aromatic N) is 3. The van der Waals surface area contributed by atoms with E-state index in [0.717, 1.165) is 31.5 Å². The number of hydrogen-bond donors (Lipinski definition) is 0. The van der Waals surface area contributed by atoms with Crippen LogP contribution in [-0.2, 0) is 0 Å². The first-order valence-electron chi connectivity index (χ1n) is 7.51. The summed E-state index contributed by atoms with van der Waals surface area (Å²) < 4.78 is 5.92. The summed E-state index contributed by atoms with van der Waals surface area (Å²) in [4.78, 5) is 6.53. The maximum Gasteiger partial charge on any atom is 0.235 e. The van der Waals surface area contributed by atoms with Crippen LogP contribution in [0.15, 0.2) is 28.7 Å². The maximum atomic E-state index is 9.32. The number of anilines is 1. The standard InChI is InChI=1S/C17H19N3O/c1-13-6-8-14(9-7-13)16-19-15(12-18)17(21-16)20-10-4-2-3-5-11-20/h6-9H,2-5,10-11H2,1H3. The van der Waals surface area contributed by atoms with E-state index in [9.17, 15) is 5.26 Å². The van der Waals surface area contributed by atoms with Gasteiger partial charge in [-0.1, -0.05) is 30.5 Å². The Morgan fingerprint density at radius 2 is 1.76 bits per heavy atom. The summed E-state index contributed by atoms with van der Waals surface area (Å²) in [5, 5.41) is 9.32. The molecule has 4 heteroatoms. The van der Waals surface area contributed by atoms with Crippen molar-refractivity contribution in [3.05, 3.63) is 35.5 Å². The van der Waals surface area contributed by atoms with Crippen molar-refractivity contribution >= 4 is 5.88 Å². The molecule has 21 heavy (non-hydrogen) atoms. The molecule has 0 amide bonds. The van der Waals surface area contributed by atoms with Crippen molar-refractivity contribution in [2.75, 3.05) is 18.0 Å².